The number of nitrogens with one attached hydrogen (secondary N) is 5. The molecule has 0 unspecified atom stereocenters. The molecule has 1 aromatic heterocycles. The Labute approximate surface area is 349 Å². The summed E-state index contributed by atoms with van der Waals surface area (Å²) in [5.74, 6) is -3.59. The van der Waals surface area contributed by atoms with Crippen LogP contribution >= 0.6 is 0 Å². The van der Waals surface area contributed by atoms with Crippen molar-refractivity contribution in [2.24, 2.45) is 11.7 Å². The van der Waals surface area contributed by atoms with Crippen LogP contribution in [0.4, 0.5) is 0 Å². The summed E-state index contributed by atoms with van der Waals surface area (Å²) >= 11 is 0. The Morgan fingerprint density at radius 2 is 1.27 bits per heavy atom. The van der Waals surface area contributed by atoms with E-state index in [1.54, 1.807) is 6.20 Å². The molecule has 0 saturated heterocycles. The maximum Gasteiger partial charge on any atom is 0.306 e. The SMILES string of the molecule is CCCCCCCCCCCC(=O)NCCOCCOCC(=O)NCCOCCOCC(=O)NCCCC[C@H](CC(=O)C(C)(C)NC(=O)[C@@H](N)Cc1cnc[nH]1)C(=O)O. The van der Waals surface area contributed by atoms with Crippen LogP contribution in [0.2, 0.25) is 0 Å². The predicted molar refractivity (Wildman–Crippen MR) is 221 cm³/mol. The number of carboxylic acids is 1. The number of carbonyl (C=O) groups is 6. The molecule has 1 aromatic rings. The Morgan fingerprint density at radius 1 is 0.729 bits per heavy atom. The highest BCUT2D eigenvalue weighted by Gasteiger charge is 2.34. The van der Waals surface area contributed by atoms with Crippen molar-refractivity contribution in [2.45, 2.75) is 129 Å². The Bertz CT molecular complexity index is 1310. The first-order chi connectivity index (χ1) is 28.4. The van der Waals surface area contributed by atoms with Crippen LogP contribution in [0.5, 0.6) is 0 Å². The fourth-order valence-electron chi connectivity index (χ4n) is 5.81. The van der Waals surface area contributed by atoms with Gasteiger partial charge >= 0.3 is 5.97 Å². The molecule has 0 aliphatic carbocycles. The van der Waals surface area contributed by atoms with Gasteiger partial charge in [0.05, 0.1) is 63.5 Å². The Kier molecular flexibility index (Phi) is 30.4. The molecule has 0 fully saturated rings. The quantitative estimate of drug-likeness (QED) is 0.0471. The Morgan fingerprint density at radius 3 is 1.83 bits per heavy atom. The van der Waals surface area contributed by atoms with Gasteiger partial charge in [0.1, 0.15) is 13.2 Å². The van der Waals surface area contributed by atoms with E-state index in [9.17, 15) is 33.9 Å². The molecule has 18 nitrogen and oxygen atoms in total. The largest absolute Gasteiger partial charge is 0.481 e. The van der Waals surface area contributed by atoms with Gasteiger partial charge in [-0.15, -0.1) is 0 Å². The monoisotopic (exact) mass is 840 g/mol. The average Bonchev–Trinajstić information content (AvgIpc) is 3.71. The standard InChI is InChI=1S/C41H73N7O11/c1-4-5-6-7-8-9-10-11-12-16-36(50)45-18-20-56-22-25-59-30-38(52)46-19-21-57-23-24-58-29-37(51)44-17-14-13-15-32(40(54)55)26-35(49)41(2,3)48-39(53)34(42)27-33-28-43-31-47-33/h28,31-32,34H,4-27,29-30,42H2,1-3H3,(H,43,47)(H,44,51)(H,45,50)(H,46,52)(H,48,53)(H,54,55)/t32-,34+/m1/s1. The zero-order chi connectivity index (χ0) is 43.6. The van der Waals surface area contributed by atoms with Gasteiger partial charge in [0.25, 0.3) is 0 Å². The van der Waals surface area contributed by atoms with Crippen LogP contribution in [0, 0.1) is 5.92 Å². The molecule has 0 aliphatic heterocycles. The van der Waals surface area contributed by atoms with Crippen molar-refractivity contribution >= 4 is 35.4 Å². The van der Waals surface area contributed by atoms with Crippen LogP contribution in [0.25, 0.3) is 0 Å². The molecule has 8 N–H and O–H groups in total. The van der Waals surface area contributed by atoms with Gasteiger partial charge in [0, 0.05) is 50.8 Å². The minimum absolute atomic E-state index is 0.0458. The number of carbonyl (C=O) groups excluding carboxylic acids is 5. The van der Waals surface area contributed by atoms with Gasteiger partial charge in [0.15, 0.2) is 5.78 Å². The van der Waals surface area contributed by atoms with Crippen molar-refractivity contribution in [3.8, 4) is 0 Å². The summed E-state index contributed by atoms with van der Waals surface area (Å²) in [7, 11) is 0. The smallest absolute Gasteiger partial charge is 0.306 e. The molecule has 59 heavy (non-hydrogen) atoms. The zero-order valence-corrected chi connectivity index (χ0v) is 35.7. The van der Waals surface area contributed by atoms with E-state index in [2.05, 4.69) is 38.2 Å². The lowest BCUT2D eigenvalue weighted by Gasteiger charge is -2.27. The summed E-state index contributed by atoms with van der Waals surface area (Å²) in [6.45, 7) is 7.61. The number of ether oxygens (including phenoxy) is 4. The number of rotatable bonds is 39. The lowest BCUT2D eigenvalue weighted by atomic mass is 9.88. The summed E-state index contributed by atoms with van der Waals surface area (Å²) in [6, 6.07) is -0.916. The normalized spacial score (nSPS) is 12.4. The molecule has 338 valence electrons. The maximum absolute atomic E-state index is 12.9. The highest BCUT2D eigenvalue weighted by Crippen LogP contribution is 2.19. The topological polar surface area (TPSA) is 262 Å². The number of nitrogens with zero attached hydrogens (tertiary/aromatic N) is 1. The molecule has 4 amide bonds. The number of unbranched alkanes of at least 4 members (excludes halogenated alkanes) is 9. The Hall–Kier alpha value is -3.97. The molecule has 1 heterocycles. The third-order valence-electron chi connectivity index (χ3n) is 9.40. The zero-order valence-electron chi connectivity index (χ0n) is 35.7. The minimum Gasteiger partial charge on any atom is -0.481 e. The molecule has 0 saturated carbocycles. The van der Waals surface area contributed by atoms with Crippen molar-refractivity contribution < 1.29 is 52.8 Å². The van der Waals surface area contributed by atoms with E-state index in [4.69, 9.17) is 24.7 Å². The van der Waals surface area contributed by atoms with Gasteiger partial charge in [-0.05, 0) is 33.1 Å². The third kappa shape index (κ3) is 29.0. The second-order valence-electron chi connectivity index (χ2n) is 15.1. The van der Waals surface area contributed by atoms with E-state index >= 15 is 0 Å². The fourth-order valence-corrected chi connectivity index (χ4v) is 5.81. The second kappa shape index (κ2) is 33.8. The lowest BCUT2D eigenvalue weighted by Crippen LogP contribution is -2.55. The number of ketones is 1. The number of aromatic nitrogens is 2. The van der Waals surface area contributed by atoms with Gasteiger partial charge < -0.3 is 56.0 Å². The number of carboxylic acid groups (broad SMARTS) is 1. The van der Waals surface area contributed by atoms with Crippen molar-refractivity contribution in [3.05, 3.63) is 18.2 Å². The predicted octanol–water partition coefficient (Wildman–Crippen LogP) is 2.34. The van der Waals surface area contributed by atoms with Gasteiger partial charge in [0.2, 0.25) is 23.6 Å². The average molecular weight is 840 g/mol. The van der Waals surface area contributed by atoms with Gasteiger partial charge in [-0.25, -0.2) is 4.98 Å². The molecular formula is C41H73N7O11. The minimum atomic E-state index is -1.31. The lowest BCUT2D eigenvalue weighted by molar-refractivity contribution is -0.145. The van der Waals surface area contributed by atoms with E-state index in [-0.39, 0.29) is 83.2 Å². The molecule has 0 aliphatic rings. The Balaban J connectivity index is 1.97. The number of amides is 4. The molecule has 2 atom stereocenters. The first kappa shape index (κ1) is 53.0. The number of aromatic amines is 1. The molecule has 1 rings (SSSR count). The second-order valence-corrected chi connectivity index (χ2v) is 15.1. The maximum atomic E-state index is 12.9. The van der Waals surface area contributed by atoms with E-state index in [0.29, 0.717) is 51.3 Å². The van der Waals surface area contributed by atoms with Gasteiger partial charge in [-0.1, -0.05) is 64.7 Å². The highest BCUT2D eigenvalue weighted by atomic mass is 16.5. The summed E-state index contributed by atoms with van der Waals surface area (Å²) < 4.78 is 21.5. The first-order valence-electron chi connectivity index (χ1n) is 21.3. The van der Waals surface area contributed by atoms with E-state index < -0.39 is 35.2 Å². The molecule has 0 radical (unpaired) electrons. The number of hydrogen-bond donors (Lipinski definition) is 7. The molecule has 0 spiro atoms. The van der Waals surface area contributed by atoms with Gasteiger partial charge in [-0.2, -0.15) is 0 Å². The molecule has 0 aromatic carbocycles. The van der Waals surface area contributed by atoms with Crippen LogP contribution in [0.3, 0.4) is 0 Å². The number of imidazole rings is 1. The van der Waals surface area contributed by atoms with E-state index in [1.165, 1.54) is 65.1 Å². The number of hydrogen-bond acceptors (Lipinski definition) is 12. The highest BCUT2D eigenvalue weighted by molar-refractivity contribution is 5.95. The number of H-pyrrole nitrogens is 1. The molecular weight excluding hydrogens is 766 g/mol. The van der Waals surface area contributed by atoms with Crippen LogP contribution < -0.4 is 27.0 Å². The van der Waals surface area contributed by atoms with Crippen LogP contribution in [-0.2, 0) is 54.1 Å². The van der Waals surface area contributed by atoms with E-state index in [0.717, 1.165) is 12.8 Å². The summed E-state index contributed by atoms with van der Waals surface area (Å²) in [6.07, 6.45) is 15.6. The van der Waals surface area contributed by atoms with Crippen molar-refractivity contribution in [2.75, 3.05) is 72.5 Å². The summed E-state index contributed by atoms with van der Waals surface area (Å²) in [4.78, 5) is 80.0. The van der Waals surface area contributed by atoms with Crippen molar-refractivity contribution in [3.63, 3.8) is 0 Å². The summed E-state index contributed by atoms with van der Waals surface area (Å²) in [5, 5.41) is 20.5. The third-order valence-corrected chi connectivity index (χ3v) is 9.40. The number of nitrogens with two attached hydrogens (primary N) is 1. The summed E-state index contributed by atoms with van der Waals surface area (Å²) in [5.41, 5.74) is 5.32. The van der Waals surface area contributed by atoms with Crippen LogP contribution in [0.15, 0.2) is 12.5 Å². The van der Waals surface area contributed by atoms with Crippen LogP contribution in [0.1, 0.15) is 116 Å². The van der Waals surface area contributed by atoms with Crippen LogP contribution in [-0.4, -0.2) is 135 Å². The van der Waals surface area contributed by atoms with Crippen molar-refractivity contribution in [1.82, 2.24) is 31.2 Å². The molecule has 0 bridgehead atoms. The van der Waals surface area contributed by atoms with E-state index in [1.807, 2.05) is 0 Å². The van der Waals surface area contributed by atoms with Gasteiger partial charge in [-0.3, -0.25) is 28.8 Å². The fraction of sp³-hybridized carbons (Fsp3) is 0.780. The first-order valence-corrected chi connectivity index (χ1v) is 21.3. The number of aliphatic carboxylic acids is 1. The van der Waals surface area contributed by atoms with Crippen molar-refractivity contribution in [1.29, 1.82) is 0 Å². The number of Topliss-reactive ketones (excluding diaryl/α,β-unsaturated/α-hetero) is 1. The molecule has 18 heteroatoms.